The number of halogens is 1. The zero-order valence-corrected chi connectivity index (χ0v) is 18.9. The molecule has 1 aliphatic heterocycles. The van der Waals surface area contributed by atoms with Gasteiger partial charge in [-0.05, 0) is 35.9 Å². The number of H-pyrrole nitrogens is 1. The molecule has 0 saturated carbocycles. The maximum absolute atomic E-state index is 12.9. The Bertz CT molecular complexity index is 1190. The van der Waals surface area contributed by atoms with Crippen molar-refractivity contribution >= 4 is 40.1 Å². The number of aromatic nitrogens is 1. The predicted octanol–water partition coefficient (Wildman–Crippen LogP) is 2.20. The van der Waals surface area contributed by atoms with Crippen molar-refractivity contribution in [2.24, 2.45) is 0 Å². The fraction of sp³-hybridized carbons (Fsp3) is 0.304. The van der Waals surface area contributed by atoms with Gasteiger partial charge in [-0.1, -0.05) is 11.6 Å². The first-order chi connectivity index (χ1) is 15.4. The number of carbonyl (C=O) groups excluding carboxylic acids is 2. The highest BCUT2D eigenvalue weighted by Gasteiger charge is 2.26. The second-order valence-corrected chi connectivity index (χ2v) is 8.12. The first-order valence-corrected chi connectivity index (χ1v) is 10.6. The normalized spacial score (nSPS) is 15.2. The van der Waals surface area contributed by atoms with Gasteiger partial charge in [-0.15, -0.1) is 0 Å². The number of benzene rings is 2. The standard InChI is InChI=1S/C23H24ClN3O5/c1-30-18-8-13-6-7-27(11-14(13)9-19(18)31-2)12-20(28)26-21-16-10-15(24)4-5-17(16)25-22(21)23(29)32-3/h4-5,8-10,25H,6-7,11-12H2,1-3H3,(H,26,28)/p+1. The number of quaternary nitrogens is 1. The zero-order chi connectivity index (χ0) is 22.8. The Morgan fingerprint density at radius 1 is 1.09 bits per heavy atom. The van der Waals surface area contributed by atoms with Crippen molar-refractivity contribution in [3.63, 3.8) is 0 Å². The molecule has 1 aliphatic rings. The number of esters is 1. The van der Waals surface area contributed by atoms with E-state index < -0.39 is 5.97 Å². The minimum Gasteiger partial charge on any atom is -0.493 e. The van der Waals surface area contributed by atoms with Gasteiger partial charge in [0, 0.05) is 27.9 Å². The molecule has 0 aliphatic carbocycles. The molecular weight excluding hydrogens is 434 g/mol. The van der Waals surface area contributed by atoms with Gasteiger partial charge in [0.15, 0.2) is 18.0 Å². The van der Waals surface area contributed by atoms with Crippen molar-refractivity contribution in [2.45, 2.75) is 13.0 Å². The molecule has 1 atom stereocenters. The summed E-state index contributed by atoms with van der Waals surface area (Å²) in [7, 11) is 4.53. The molecule has 8 nitrogen and oxygen atoms in total. The largest absolute Gasteiger partial charge is 0.493 e. The van der Waals surface area contributed by atoms with Gasteiger partial charge < -0.3 is 29.4 Å². The average molecular weight is 459 g/mol. The van der Waals surface area contributed by atoms with Gasteiger partial charge in [-0.25, -0.2) is 4.79 Å². The summed E-state index contributed by atoms with van der Waals surface area (Å²) in [6.45, 7) is 1.74. The molecule has 3 N–H and O–H groups in total. The SMILES string of the molecule is COC(=O)c1[nH]c2ccc(Cl)cc2c1NC(=O)C[NH+]1CCc2cc(OC)c(OC)cc2C1. The third kappa shape index (κ3) is 4.24. The Hall–Kier alpha value is -3.23. The Morgan fingerprint density at radius 2 is 1.81 bits per heavy atom. The van der Waals surface area contributed by atoms with Crippen LogP contribution in [0.4, 0.5) is 5.69 Å². The summed E-state index contributed by atoms with van der Waals surface area (Å²) in [5, 5.41) is 4.05. The van der Waals surface area contributed by atoms with E-state index in [1.807, 2.05) is 12.1 Å². The average Bonchev–Trinajstić information content (AvgIpc) is 3.14. The third-order valence-corrected chi connectivity index (χ3v) is 5.95. The second-order valence-electron chi connectivity index (χ2n) is 7.68. The van der Waals surface area contributed by atoms with Crippen LogP contribution in [0, 0.1) is 0 Å². The number of aromatic amines is 1. The molecule has 0 bridgehead atoms. The van der Waals surface area contributed by atoms with Crippen LogP contribution in [0.2, 0.25) is 5.02 Å². The lowest BCUT2D eigenvalue weighted by molar-refractivity contribution is -0.907. The number of methoxy groups -OCH3 is 3. The molecule has 1 aromatic heterocycles. The van der Waals surface area contributed by atoms with E-state index in [1.54, 1.807) is 32.4 Å². The molecule has 4 rings (SSSR count). The summed E-state index contributed by atoms with van der Waals surface area (Å²) in [5.74, 6) is 0.624. The molecule has 1 unspecified atom stereocenters. The topological polar surface area (TPSA) is 94.1 Å². The Kier molecular flexibility index (Phi) is 6.25. The van der Waals surface area contributed by atoms with E-state index in [0.717, 1.165) is 23.4 Å². The van der Waals surface area contributed by atoms with Crippen LogP contribution in [0.25, 0.3) is 10.9 Å². The smallest absolute Gasteiger partial charge is 0.356 e. The van der Waals surface area contributed by atoms with Gasteiger partial charge in [0.2, 0.25) is 0 Å². The van der Waals surface area contributed by atoms with Gasteiger partial charge in [0.05, 0.1) is 33.6 Å². The molecule has 0 saturated heterocycles. The summed E-state index contributed by atoms with van der Waals surface area (Å²) in [6.07, 6.45) is 0.828. The van der Waals surface area contributed by atoms with E-state index in [4.69, 9.17) is 25.8 Å². The maximum Gasteiger partial charge on any atom is 0.356 e. The molecular formula is C23H25ClN3O5+. The van der Waals surface area contributed by atoms with E-state index in [-0.39, 0.29) is 18.1 Å². The lowest BCUT2D eigenvalue weighted by Gasteiger charge is -2.26. The first-order valence-electron chi connectivity index (χ1n) is 10.2. The van der Waals surface area contributed by atoms with E-state index in [2.05, 4.69) is 10.3 Å². The van der Waals surface area contributed by atoms with Crippen molar-refractivity contribution in [1.82, 2.24) is 4.98 Å². The Labute approximate surface area is 190 Å². The molecule has 32 heavy (non-hydrogen) atoms. The monoisotopic (exact) mass is 458 g/mol. The second kappa shape index (κ2) is 9.10. The van der Waals surface area contributed by atoms with Crippen LogP contribution >= 0.6 is 11.6 Å². The first kappa shape index (κ1) is 22.0. The van der Waals surface area contributed by atoms with Crippen molar-refractivity contribution in [3.8, 4) is 11.5 Å². The van der Waals surface area contributed by atoms with Crippen molar-refractivity contribution in [1.29, 1.82) is 0 Å². The quantitative estimate of drug-likeness (QED) is 0.492. The Morgan fingerprint density at radius 3 is 2.50 bits per heavy atom. The van der Waals surface area contributed by atoms with E-state index in [1.165, 1.54) is 12.7 Å². The number of nitrogens with one attached hydrogen (secondary N) is 3. The molecule has 2 aromatic carbocycles. The molecule has 1 amide bonds. The number of carbonyl (C=O) groups is 2. The minimum absolute atomic E-state index is 0.189. The van der Waals surface area contributed by atoms with Crippen molar-refractivity contribution in [3.05, 3.63) is 52.2 Å². The molecule has 168 valence electrons. The highest BCUT2D eigenvalue weighted by molar-refractivity contribution is 6.31. The highest BCUT2D eigenvalue weighted by Crippen LogP contribution is 2.32. The number of fused-ring (bicyclic) bond motifs is 2. The summed E-state index contributed by atoms with van der Waals surface area (Å²) < 4.78 is 15.7. The lowest BCUT2D eigenvalue weighted by atomic mass is 9.99. The number of hydrogen-bond acceptors (Lipinski definition) is 5. The fourth-order valence-electron chi connectivity index (χ4n) is 4.14. The van der Waals surface area contributed by atoms with Crippen LogP contribution in [0.1, 0.15) is 21.6 Å². The van der Waals surface area contributed by atoms with E-state index >= 15 is 0 Å². The van der Waals surface area contributed by atoms with E-state index in [9.17, 15) is 9.59 Å². The molecule has 0 radical (unpaired) electrons. The van der Waals surface area contributed by atoms with Gasteiger partial charge in [0.1, 0.15) is 12.2 Å². The fourth-order valence-corrected chi connectivity index (χ4v) is 4.31. The van der Waals surface area contributed by atoms with E-state index in [0.29, 0.717) is 39.7 Å². The van der Waals surface area contributed by atoms with Gasteiger partial charge in [-0.2, -0.15) is 0 Å². The number of amides is 1. The number of rotatable bonds is 6. The zero-order valence-electron chi connectivity index (χ0n) is 18.1. The molecule has 0 spiro atoms. The third-order valence-electron chi connectivity index (χ3n) is 5.72. The number of anilines is 1. The Balaban J connectivity index is 1.53. The van der Waals surface area contributed by atoms with Gasteiger partial charge in [-0.3, -0.25) is 4.79 Å². The lowest BCUT2D eigenvalue weighted by Crippen LogP contribution is -3.12. The summed E-state index contributed by atoms with van der Waals surface area (Å²) >= 11 is 6.13. The van der Waals surface area contributed by atoms with Gasteiger partial charge >= 0.3 is 5.97 Å². The summed E-state index contributed by atoms with van der Waals surface area (Å²) in [6, 6.07) is 9.16. The van der Waals surface area contributed by atoms with Crippen LogP contribution in [-0.4, -0.2) is 51.3 Å². The van der Waals surface area contributed by atoms with Crippen LogP contribution < -0.4 is 19.7 Å². The molecule has 0 fully saturated rings. The molecule has 2 heterocycles. The summed E-state index contributed by atoms with van der Waals surface area (Å²) in [5.41, 5.74) is 3.58. The van der Waals surface area contributed by atoms with Gasteiger partial charge in [0.25, 0.3) is 5.91 Å². The predicted molar refractivity (Wildman–Crippen MR) is 121 cm³/mol. The highest BCUT2D eigenvalue weighted by atomic mass is 35.5. The molecule has 9 heteroatoms. The maximum atomic E-state index is 12.9. The number of hydrogen-bond donors (Lipinski definition) is 3. The number of ether oxygens (including phenoxy) is 3. The van der Waals surface area contributed by atoms with Crippen LogP contribution in [-0.2, 0) is 22.5 Å². The van der Waals surface area contributed by atoms with Crippen LogP contribution in [0.3, 0.4) is 0 Å². The molecule has 3 aromatic rings. The van der Waals surface area contributed by atoms with Crippen LogP contribution in [0.5, 0.6) is 11.5 Å². The van der Waals surface area contributed by atoms with Crippen molar-refractivity contribution < 1.29 is 28.7 Å². The minimum atomic E-state index is -0.562. The van der Waals surface area contributed by atoms with Crippen LogP contribution in [0.15, 0.2) is 30.3 Å². The van der Waals surface area contributed by atoms with Crippen molar-refractivity contribution in [2.75, 3.05) is 39.7 Å². The summed E-state index contributed by atoms with van der Waals surface area (Å²) in [4.78, 5) is 29.3.